The molecule has 0 atom stereocenters. The molecule has 0 aliphatic heterocycles. The molecule has 0 aliphatic rings. The van der Waals surface area contributed by atoms with Crippen molar-refractivity contribution < 1.29 is 9.21 Å². The summed E-state index contributed by atoms with van der Waals surface area (Å²) in [5.41, 5.74) is 1.89. The van der Waals surface area contributed by atoms with Crippen molar-refractivity contribution in [3.8, 4) is 0 Å². The molecule has 120 valence electrons. The van der Waals surface area contributed by atoms with Crippen molar-refractivity contribution in [2.75, 3.05) is 4.90 Å². The Bertz CT molecular complexity index is 840. The summed E-state index contributed by atoms with van der Waals surface area (Å²) < 4.78 is 6.37. The van der Waals surface area contributed by atoms with Crippen LogP contribution in [0.4, 0.5) is 5.13 Å². The largest absolute Gasteiger partial charge is 0.467 e. The summed E-state index contributed by atoms with van der Waals surface area (Å²) in [4.78, 5) is 19.0. The van der Waals surface area contributed by atoms with Gasteiger partial charge in [-0.15, -0.1) is 0 Å². The van der Waals surface area contributed by atoms with Gasteiger partial charge in [-0.1, -0.05) is 36.8 Å². The third-order valence-electron chi connectivity index (χ3n) is 3.52. The number of thiazole rings is 1. The molecule has 23 heavy (non-hydrogen) atoms. The lowest BCUT2D eigenvalue weighted by Gasteiger charge is -2.20. The van der Waals surface area contributed by atoms with Crippen LogP contribution in [-0.4, -0.2) is 10.9 Å². The number of benzene rings is 1. The van der Waals surface area contributed by atoms with Crippen LogP contribution in [0.1, 0.15) is 25.2 Å². The highest BCUT2D eigenvalue weighted by atomic mass is 35.5. The van der Waals surface area contributed by atoms with Crippen molar-refractivity contribution in [2.24, 2.45) is 5.92 Å². The number of rotatable bonds is 4. The SMILES string of the molecule is Cc1cc(Cl)cc2sc(N(Cc3ccco3)C(=O)C(C)C)nc12. The fourth-order valence-electron chi connectivity index (χ4n) is 2.37. The van der Waals surface area contributed by atoms with Crippen LogP contribution in [0.15, 0.2) is 34.9 Å². The second-order valence-corrected chi connectivity index (χ2v) is 7.17. The third-order valence-corrected chi connectivity index (χ3v) is 4.77. The molecular formula is C17H17ClN2O2S. The number of furan rings is 1. The Kier molecular flexibility index (Phi) is 4.41. The molecule has 0 unspecified atom stereocenters. The Hall–Kier alpha value is -1.85. The molecule has 2 aromatic heterocycles. The predicted octanol–water partition coefficient (Wildman–Crippen LogP) is 5.04. The number of aromatic nitrogens is 1. The maximum absolute atomic E-state index is 12.6. The minimum atomic E-state index is -0.123. The Morgan fingerprint density at radius 1 is 1.43 bits per heavy atom. The molecule has 2 heterocycles. The standard InChI is InChI=1S/C17H17ClN2O2S/c1-10(2)16(21)20(9-13-5-4-6-22-13)17-19-15-11(3)7-12(18)8-14(15)23-17/h4-8,10H,9H2,1-3H3. The number of nitrogens with zero attached hydrogens (tertiary/aromatic N) is 2. The molecule has 0 saturated carbocycles. The molecule has 0 fully saturated rings. The van der Waals surface area contributed by atoms with E-state index < -0.39 is 0 Å². The first-order chi connectivity index (χ1) is 11.0. The van der Waals surface area contributed by atoms with Crippen LogP contribution in [-0.2, 0) is 11.3 Å². The van der Waals surface area contributed by atoms with Crippen LogP contribution < -0.4 is 4.90 Å². The van der Waals surface area contributed by atoms with Crippen LogP contribution in [0.2, 0.25) is 5.02 Å². The quantitative estimate of drug-likeness (QED) is 0.663. The van der Waals surface area contributed by atoms with Gasteiger partial charge in [0.2, 0.25) is 5.91 Å². The average molecular weight is 349 g/mol. The third kappa shape index (κ3) is 3.26. The van der Waals surface area contributed by atoms with Crippen molar-refractivity contribution in [3.05, 3.63) is 46.9 Å². The van der Waals surface area contributed by atoms with Gasteiger partial charge in [0.1, 0.15) is 5.76 Å². The maximum Gasteiger partial charge on any atom is 0.231 e. The fourth-order valence-corrected chi connectivity index (χ4v) is 3.79. The average Bonchev–Trinajstić information content (AvgIpc) is 3.12. The van der Waals surface area contributed by atoms with Gasteiger partial charge in [0.05, 0.1) is 23.0 Å². The number of carbonyl (C=O) groups is 1. The van der Waals surface area contributed by atoms with E-state index >= 15 is 0 Å². The van der Waals surface area contributed by atoms with Gasteiger partial charge in [0.25, 0.3) is 0 Å². The lowest BCUT2D eigenvalue weighted by molar-refractivity contribution is -0.121. The monoisotopic (exact) mass is 348 g/mol. The molecular weight excluding hydrogens is 332 g/mol. The van der Waals surface area contributed by atoms with E-state index in [9.17, 15) is 4.79 Å². The first-order valence-electron chi connectivity index (χ1n) is 7.36. The van der Waals surface area contributed by atoms with Gasteiger partial charge in [-0.2, -0.15) is 0 Å². The number of halogens is 1. The van der Waals surface area contributed by atoms with Crippen LogP contribution in [0.5, 0.6) is 0 Å². The highest BCUT2D eigenvalue weighted by Gasteiger charge is 2.23. The van der Waals surface area contributed by atoms with E-state index in [2.05, 4.69) is 4.98 Å². The zero-order chi connectivity index (χ0) is 16.6. The van der Waals surface area contributed by atoms with Crippen molar-refractivity contribution in [3.63, 3.8) is 0 Å². The zero-order valence-corrected chi connectivity index (χ0v) is 14.7. The summed E-state index contributed by atoms with van der Waals surface area (Å²) in [7, 11) is 0. The molecule has 3 aromatic rings. The summed E-state index contributed by atoms with van der Waals surface area (Å²) in [6.07, 6.45) is 1.61. The van der Waals surface area contributed by atoms with Crippen molar-refractivity contribution >= 4 is 44.2 Å². The van der Waals surface area contributed by atoms with Gasteiger partial charge in [-0.25, -0.2) is 4.98 Å². The summed E-state index contributed by atoms with van der Waals surface area (Å²) in [6.45, 7) is 6.11. The van der Waals surface area contributed by atoms with E-state index in [0.717, 1.165) is 21.5 Å². The van der Waals surface area contributed by atoms with Gasteiger partial charge in [0.15, 0.2) is 5.13 Å². The van der Waals surface area contributed by atoms with Gasteiger partial charge in [0, 0.05) is 10.9 Å². The van der Waals surface area contributed by atoms with Gasteiger partial charge >= 0.3 is 0 Å². The van der Waals surface area contributed by atoms with Gasteiger partial charge in [-0.3, -0.25) is 9.69 Å². The molecule has 0 bridgehead atoms. The number of hydrogen-bond acceptors (Lipinski definition) is 4. The first kappa shape index (κ1) is 16.0. The predicted molar refractivity (Wildman–Crippen MR) is 94.1 cm³/mol. The summed E-state index contributed by atoms with van der Waals surface area (Å²) in [5, 5.41) is 1.35. The first-order valence-corrected chi connectivity index (χ1v) is 8.55. The number of aryl methyl sites for hydroxylation is 1. The second kappa shape index (κ2) is 6.34. The van der Waals surface area contributed by atoms with Crippen LogP contribution in [0.3, 0.4) is 0 Å². The molecule has 4 nitrogen and oxygen atoms in total. The number of hydrogen-bond donors (Lipinski definition) is 0. The number of fused-ring (bicyclic) bond motifs is 1. The zero-order valence-electron chi connectivity index (χ0n) is 13.2. The lowest BCUT2D eigenvalue weighted by Crippen LogP contribution is -2.33. The smallest absolute Gasteiger partial charge is 0.231 e. The normalized spacial score (nSPS) is 11.3. The van der Waals surface area contributed by atoms with E-state index in [1.54, 1.807) is 11.2 Å². The minimum absolute atomic E-state index is 0.0178. The molecule has 1 aromatic carbocycles. The molecule has 0 radical (unpaired) electrons. The lowest BCUT2D eigenvalue weighted by atomic mass is 10.2. The number of carbonyl (C=O) groups excluding carboxylic acids is 1. The second-order valence-electron chi connectivity index (χ2n) is 5.72. The topological polar surface area (TPSA) is 46.3 Å². The minimum Gasteiger partial charge on any atom is -0.467 e. The molecule has 3 rings (SSSR count). The molecule has 6 heteroatoms. The summed E-state index contributed by atoms with van der Waals surface area (Å²) in [6, 6.07) is 7.44. The number of amides is 1. The maximum atomic E-state index is 12.6. The van der Waals surface area contributed by atoms with Crippen molar-refractivity contribution in [2.45, 2.75) is 27.3 Å². The molecule has 0 N–H and O–H groups in total. The van der Waals surface area contributed by atoms with E-state index in [1.165, 1.54) is 11.3 Å². The molecule has 0 spiro atoms. The fraction of sp³-hybridized carbons (Fsp3) is 0.294. The highest BCUT2D eigenvalue weighted by Crippen LogP contribution is 2.34. The Labute approximate surface area is 143 Å². The van der Waals surface area contributed by atoms with E-state index in [-0.39, 0.29) is 11.8 Å². The Morgan fingerprint density at radius 2 is 2.22 bits per heavy atom. The van der Waals surface area contributed by atoms with Crippen LogP contribution in [0, 0.1) is 12.8 Å². The number of anilines is 1. The Balaban J connectivity index is 2.05. The highest BCUT2D eigenvalue weighted by molar-refractivity contribution is 7.22. The van der Waals surface area contributed by atoms with Gasteiger partial charge in [-0.05, 0) is 36.8 Å². The Morgan fingerprint density at radius 3 is 2.87 bits per heavy atom. The molecule has 1 amide bonds. The van der Waals surface area contributed by atoms with E-state index in [1.807, 2.05) is 45.0 Å². The van der Waals surface area contributed by atoms with E-state index in [0.29, 0.717) is 16.7 Å². The van der Waals surface area contributed by atoms with E-state index in [4.69, 9.17) is 16.0 Å². The van der Waals surface area contributed by atoms with Crippen LogP contribution in [0.25, 0.3) is 10.2 Å². The van der Waals surface area contributed by atoms with Crippen molar-refractivity contribution in [1.82, 2.24) is 4.98 Å². The van der Waals surface area contributed by atoms with Gasteiger partial charge < -0.3 is 4.42 Å². The molecule has 0 aliphatic carbocycles. The summed E-state index contributed by atoms with van der Waals surface area (Å²) >= 11 is 7.59. The summed E-state index contributed by atoms with van der Waals surface area (Å²) in [5.74, 6) is 0.624. The van der Waals surface area contributed by atoms with Crippen LogP contribution >= 0.6 is 22.9 Å². The molecule has 0 saturated heterocycles. The van der Waals surface area contributed by atoms with Crippen molar-refractivity contribution in [1.29, 1.82) is 0 Å².